The minimum absolute atomic E-state index is 0.265. The maximum atomic E-state index is 6.29. The molecular formula is C18H13Br2Cl. The number of alkyl halides is 1. The van der Waals surface area contributed by atoms with Crippen molar-refractivity contribution in [3.05, 3.63) is 81.3 Å². The van der Waals surface area contributed by atoms with E-state index in [4.69, 9.17) is 11.6 Å². The Labute approximate surface area is 146 Å². The summed E-state index contributed by atoms with van der Waals surface area (Å²) in [5, 5.41) is 3.12. The van der Waals surface area contributed by atoms with Crippen molar-refractivity contribution < 1.29 is 0 Å². The summed E-state index contributed by atoms with van der Waals surface area (Å²) in [6.07, 6.45) is 0.943. The SMILES string of the molecule is Clc1ccc(C(Br)Cc2ccc(Br)cc2)c2ccccc12. The van der Waals surface area contributed by atoms with Crippen molar-refractivity contribution in [1.29, 1.82) is 0 Å². The first kappa shape index (κ1) is 15.1. The fourth-order valence-electron chi connectivity index (χ4n) is 2.50. The van der Waals surface area contributed by atoms with Gasteiger partial charge in [-0.25, -0.2) is 0 Å². The highest BCUT2D eigenvalue weighted by atomic mass is 79.9. The van der Waals surface area contributed by atoms with E-state index in [2.05, 4.69) is 80.4 Å². The van der Waals surface area contributed by atoms with Crippen LogP contribution in [0.25, 0.3) is 10.8 Å². The molecular weight excluding hydrogens is 411 g/mol. The molecule has 21 heavy (non-hydrogen) atoms. The zero-order chi connectivity index (χ0) is 14.8. The Morgan fingerprint density at radius 1 is 0.857 bits per heavy atom. The van der Waals surface area contributed by atoms with Crippen LogP contribution in [0.2, 0.25) is 5.02 Å². The molecule has 1 unspecified atom stereocenters. The summed E-state index contributed by atoms with van der Waals surface area (Å²) in [5.41, 5.74) is 2.58. The molecule has 3 aromatic carbocycles. The predicted octanol–water partition coefficient (Wildman–Crippen LogP) is 6.93. The van der Waals surface area contributed by atoms with E-state index in [1.807, 2.05) is 12.1 Å². The van der Waals surface area contributed by atoms with Gasteiger partial charge in [0.25, 0.3) is 0 Å². The van der Waals surface area contributed by atoms with Crippen LogP contribution in [0.1, 0.15) is 16.0 Å². The number of benzene rings is 3. The second kappa shape index (κ2) is 6.51. The first-order valence-electron chi connectivity index (χ1n) is 6.71. The predicted molar refractivity (Wildman–Crippen MR) is 98.5 cm³/mol. The van der Waals surface area contributed by atoms with Crippen LogP contribution in [0.4, 0.5) is 0 Å². The van der Waals surface area contributed by atoms with Crippen molar-refractivity contribution in [3.8, 4) is 0 Å². The molecule has 0 spiro atoms. The Morgan fingerprint density at radius 2 is 1.52 bits per heavy atom. The van der Waals surface area contributed by atoms with E-state index < -0.39 is 0 Å². The average molecular weight is 425 g/mol. The van der Waals surface area contributed by atoms with Crippen LogP contribution in [-0.2, 0) is 6.42 Å². The Kier molecular flexibility index (Phi) is 4.68. The Bertz CT molecular complexity index is 766. The summed E-state index contributed by atoms with van der Waals surface area (Å²) < 4.78 is 1.11. The van der Waals surface area contributed by atoms with Gasteiger partial charge in [0, 0.05) is 19.7 Å². The highest BCUT2D eigenvalue weighted by Crippen LogP contribution is 2.35. The lowest BCUT2D eigenvalue weighted by Gasteiger charge is -2.14. The van der Waals surface area contributed by atoms with Gasteiger partial charge < -0.3 is 0 Å². The second-order valence-corrected chi connectivity index (χ2v) is 7.41. The Hall–Kier alpha value is -0.830. The molecule has 0 amide bonds. The summed E-state index contributed by atoms with van der Waals surface area (Å²) in [6, 6.07) is 20.8. The average Bonchev–Trinajstić information content (AvgIpc) is 2.50. The lowest BCUT2D eigenvalue weighted by Crippen LogP contribution is -1.96. The molecule has 0 nitrogen and oxygen atoms in total. The molecule has 106 valence electrons. The van der Waals surface area contributed by atoms with Gasteiger partial charge in [-0.15, -0.1) is 0 Å². The van der Waals surface area contributed by atoms with Gasteiger partial charge in [-0.05, 0) is 41.1 Å². The minimum atomic E-state index is 0.265. The molecule has 3 heteroatoms. The third-order valence-corrected chi connectivity index (χ3v) is 5.25. The van der Waals surface area contributed by atoms with Crippen LogP contribution in [0.5, 0.6) is 0 Å². The number of fused-ring (bicyclic) bond motifs is 1. The van der Waals surface area contributed by atoms with E-state index in [-0.39, 0.29) is 4.83 Å². The molecule has 0 saturated heterocycles. The number of halogens is 3. The fourth-order valence-corrected chi connectivity index (χ4v) is 3.76. The van der Waals surface area contributed by atoms with Gasteiger partial charge in [-0.2, -0.15) is 0 Å². The quantitative estimate of drug-likeness (QED) is 0.400. The maximum Gasteiger partial charge on any atom is 0.0484 e. The van der Waals surface area contributed by atoms with Gasteiger partial charge in [0.05, 0.1) is 0 Å². The molecule has 3 rings (SSSR count). The van der Waals surface area contributed by atoms with Crippen LogP contribution in [0, 0.1) is 0 Å². The summed E-state index contributed by atoms with van der Waals surface area (Å²) in [7, 11) is 0. The van der Waals surface area contributed by atoms with Crippen molar-refractivity contribution in [2.75, 3.05) is 0 Å². The van der Waals surface area contributed by atoms with E-state index in [0.29, 0.717) is 0 Å². The zero-order valence-electron chi connectivity index (χ0n) is 11.2. The Morgan fingerprint density at radius 3 is 2.24 bits per heavy atom. The number of hydrogen-bond donors (Lipinski definition) is 0. The molecule has 0 heterocycles. The van der Waals surface area contributed by atoms with Gasteiger partial charge in [0.1, 0.15) is 0 Å². The van der Waals surface area contributed by atoms with Crippen molar-refractivity contribution in [2.24, 2.45) is 0 Å². The van der Waals surface area contributed by atoms with Crippen LogP contribution in [0.15, 0.2) is 65.1 Å². The highest BCUT2D eigenvalue weighted by molar-refractivity contribution is 9.10. The van der Waals surface area contributed by atoms with E-state index in [0.717, 1.165) is 21.3 Å². The normalized spacial score (nSPS) is 12.5. The lowest BCUT2D eigenvalue weighted by atomic mass is 9.98. The van der Waals surface area contributed by atoms with Crippen LogP contribution < -0.4 is 0 Å². The molecule has 0 aliphatic rings. The molecule has 0 aromatic heterocycles. The highest BCUT2D eigenvalue weighted by Gasteiger charge is 2.13. The van der Waals surface area contributed by atoms with Crippen LogP contribution in [0.3, 0.4) is 0 Å². The maximum absolute atomic E-state index is 6.29. The smallest absolute Gasteiger partial charge is 0.0484 e. The van der Waals surface area contributed by atoms with Gasteiger partial charge in [-0.3, -0.25) is 0 Å². The monoisotopic (exact) mass is 422 g/mol. The molecule has 3 aromatic rings. The van der Waals surface area contributed by atoms with Gasteiger partial charge in [-0.1, -0.05) is 85.9 Å². The molecule has 0 radical (unpaired) electrons. The van der Waals surface area contributed by atoms with E-state index in [1.54, 1.807) is 0 Å². The number of hydrogen-bond acceptors (Lipinski definition) is 0. The first-order valence-corrected chi connectivity index (χ1v) is 8.79. The fraction of sp³-hybridized carbons (Fsp3) is 0.111. The van der Waals surface area contributed by atoms with E-state index in [1.165, 1.54) is 16.5 Å². The van der Waals surface area contributed by atoms with Crippen LogP contribution >= 0.6 is 43.5 Å². The van der Waals surface area contributed by atoms with Crippen LogP contribution in [-0.4, -0.2) is 0 Å². The molecule has 0 fully saturated rings. The molecule has 0 N–H and O–H groups in total. The minimum Gasteiger partial charge on any atom is -0.0837 e. The summed E-state index contributed by atoms with van der Waals surface area (Å²) in [5.74, 6) is 0. The molecule has 0 saturated carbocycles. The third-order valence-electron chi connectivity index (χ3n) is 3.57. The van der Waals surface area contributed by atoms with Gasteiger partial charge in [0.2, 0.25) is 0 Å². The molecule has 1 atom stereocenters. The summed E-state index contributed by atoms with van der Waals surface area (Å²) in [6.45, 7) is 0. The van der Waals surface area contributed by atoms with E-state index >= 15 is 0 Å². The van der Waals surface area contributed by atoms with Gasteiger partial charge >= 0.3 is 0 Å². The van der Waals surface area contributed by atoms with Gasteiger partial charge in [0.15, 0.2) is 0 Å². The largest absolute Gasteiger partial charge is 0.0837 e. The standard InChI is InChI=1S/C18H13Br2Cl/c19-13-7-5-12(6-8-13)11-17(20)15-9-10-18(21)16-4-2-1-3-14(15)16/h1-10,17H,11H2. The molecule has 0 aliphatic heterocycles. The summed E-state index contributed by atoms with van der Waals surface area (Å²) in [4.78, 5) is 0.265. The van der Waals surface area contributed by atoms with Crippen molar-refractivity contribution in [1.82, 2.24) is 0 Å². The lowest BCUT2D eigenvalue weighted by molar-refractivity contribution is 0.957. The number of rotatable bonds is 3. The van der Waals surface area contributed by atoms with Crippen molar-refractivity contribution >= 4 is 54.2 Å². The second-order valence-electron chi connectivity index (χ2n) is 4.98. The Balaban J connectivity index is 1.96. The zero-order valence-corrected chi connectivity index (χ0v) is 15.1. The summed E-state index contributed by atoms with van der Waals surface area (Å²) >= 11 is 13.6. The van der Waals surface area contributed by atoms with E-state index in [9.17, 15) is 0 Å². The molecule has 0 aliphatic carbocycles. The van der Waals surface area contributed by atoms with Crippen molar-refractivity contribution in [2.45, 2.75) is 11.2 Å². The molecule has 0 bridgehead atoms. The van der Waals surface area contributed by atoms with Crippen molar-refractivity contribution in [3.63, 3.8) is 0 Å². The first-order chi connectivity index (χ1) is 10.1. The topological polar surface area (TPSA) is 0 Å². The third kappa shape index (κ3) is 3.33.